The Morgan fingerprint density at radius 1 is 1.40 bits per heavy atom. The van der Waals surface area contributed by atoms with Crippen molar-refractivity contribution in [2.24, 2.45) is 5.92 Å². The van der Waals surface area contributed by atoms with E-state index in [0.29, 0.717) is 0 Å². The molecular formula is C10H17N3O2. The quantitative estimate of drug-likeness (QED) is 0.612. The maximum atomic E-state index is 12.0. The number of carbonyl (C=O) groups excluding carboxylic acids is 2. The monoisotopic (exact) mass is 211 g/mol. The molecule has 0 aliphatic carbocycles. The molecule has 2 aliphatic heterocycles. The highest BCUT2D eigenvalue weighted by atomic mass is 16.2. The summed E-state index contributed by atoms with van der Waals surface area (Å²) in [6, 6.07) is -0.233. The highest BCUT2D eigenvalue weighted by Gasteiger charge is 2.38. The van der Waals surface area contributed by atoms with Crippen LogP contribution < -0.4 is 10.6 Å². The second-order valence-corrected chi connectivity index (χ2v) is 4.16. The maximum absolute atomic E-state index is 12.0. The molecule has 84 valence electrons. The van der Waals surface area contributed by atoms with Crippen molar-refractivity contribution in [3.05, 3.63) is 0 Å². The number of hydrogen-bond acceptors (Lipinski definition) is 3. The minimum absolute atomic E-state index is 0.0341. The van der Waals surface area contributed by atoms with E-state index in [1.54, 1.807) is 11.9 Å². The van der Waals surface area contributed by atoms with E-state index in [1.807, 2.05) is 0 Å². The SMILES string of the molecule is CNC(=O)C1CCCN1C(=O)C1CNC1. The number of amides is 2. The molecular weight excluding hydrogens is 194 g/mol. The molecule has 2 rings (SSSR count). The molecule has 2 amide bonds. The summed E-state index contributed by atoms with van der Waals surface area (Å²) in [7, 11) is 1.62. The summed E-state index contributed by atoms with van der Waals surface area (Å²) in [5, 5.41) is 5.69. The first-order chi connectivity index (χ1) is 7.24. The molecule has 2 heterocycles. The molecule has 2 saturated heterocycles. The van der Waals surface area contributed by atoms with Gasteiger partial charge in [-0.25, -0.2) is 0 Å². The molecule has 0 radical (unpaired) electrons. The fourth-order valence-electron chi connectivity index (χ4n) is 2.17. The number of nitrogens with one attached hydrogen (secondary N) is 2. The summed E-state index contributed by atoms with van der Waals surface area (Å²) in [4.78, 5) is 25.2. The lowest BCUT2D eigenvalue weighted by Gasteiger charge is -2.32. The lowest BCUT2D eigenvalue weighted by atomic mass is 10.0. The molecule has 5 nitrogen and oxygen atoms in total. The Morgan fingerprint density at radius 3 is 2.67 bits per heavy atom. The molecule has 0 bridgehead atoms. The predicted molar refractivity (Wildman–Crippen MR) is 55.2 cm³/mol. The van der Waals surface area contributed by atoms with Crippen LogP contribution in [0.4, 0.5) is 0 Å². The van der Waals surface area contributed by atoms with E-state index in [-0.39, 0.29) is 23.8 Å². The van der Waals surface area contributed by atoms with E-state index in [4.69, 9.17) is 0 Å². The number of likely N-dealkylation sites (tertiary alicyclic amines) is 1. The van der Waals surface area contributed by atoms with E-state index >= 15 is 0 Å². The number of rotatable bonds is 2. The van der Waals surface area contributed by atoms with Gasteiger partial charge in [-0.3, -0.25) is 9.59 Å². The highest BCUT2D eigenvalue weighted by Crippen LogP contribution is 2.21. The van der Waals surface area contributed by atoms with Gasteiger partial charge < -0.3 is 15.5 Å². The molecule has 0 aromatic rings. The topological polar surface area (TPSA) is 61.4 Å². The zero-order valence-corrected chi connectivity index (χ0v) is 8.95. The van der Waals surface area contributed by atoms with Crippen LogP contribution in [0.15, 0.2) is 0 Å². The average Bonchev–Trinajstić information content (AvgIpc) is 2.62. The lowest BCUT2D eigenvalue weighted by molar-refractivity contribution is -0.142. The second-order valence-electron chi connectivity index (χ2n) is 4.16. The van der Waals surface area contributed by atoms with E-state index < -0.39 is 0 Å². The van der Waals surface area contributed by atoms with Crippen LogP contribution in [-0.2, 0) is 9.59 Å². The summed E-state index contributed by atoms with van der Waals surface area (Å²) in [5.41, 5.74) is 0. The fraction of sp³-hybridized carbons (Fsp3) is 0.800. The van der Waals surface area contributed by atoms with E-state index in [9.17, 15) is 9.59 Å². The first-order valence-corrected chi connectivity index (χ1v) is 5.47. The molecule has 2 N–H and O–H groups in total. The van der Waals surface area contributed by atoms with Crippen molar-refractivity contribution in [3.63, 3.8) is 0 Å². The van der Waals surface area contributed by atoms with Crippen LogP contribution in [0.5, 0.6) is 0 Å². The highest BCUT2D eigenvalue weighted by molar-refractivity contribution is 5.89. The molecule has 0 saturated carbocycles. The van der Waals surface area contributed by atoms with E-state index in [2.05, 4.69) is 10.6 Å². The zero-order valence-electron chi connectivity index (χ0n) is 8.95. The van der Waals surface area contributed by atoms with Crippen molar-refractivity contribution in [2.75, 3.05) is 26.7 Å². The molecule has 15 heavy (non-hydrogen) atoms. The second kappa shape index (κ2) is 4.18. The molecule has 2 fully saturated rings. The molecule has 0 spiro atoms. The number of nitrogens with zero attached hydrogens (tertiary/aromatic N) is 1. The zero-order chi connectivity index (χ0) is 10.8. The van der Waals surface area contributed by atoms with Gasteiger partial charge in [0.1, 0.15) is 6.04 Å². The van der Waals surface area contributed by atoms with Crippen LogP contribution in [-0.4, -0.2) is 49.4 Å². The minimum atomic E-state index is -0.233. The largest absolute Gasteiger partial charge is 0.357 e. The standard InChI is InChI=1S/C10H17N3O2/c1-11-9(14)8-3-2-4-13(8)10(15)7-5-12-6-7/h7-8,12H,2-6H2,1H3,(H,11,14). The van der Waals surface area contributed by atoms with Gasteiger partial charge in [0.2, 0.25) is 11.8 Å². The van der Waals surface area contributed by atoms with Gasteiger partial charge in [0, 0.05) is 26.7 Å². The molecule has 2 aliphatic rings. The van der Waals surface area contributed by atoms with E-state index in [1.165, 1.54) is 0 Å². The maximum Gasteiger partial charge on any atom is 0.242 e. The van der Waals surface area contributed by atoms with Crippen LogP contribution in [0.25, 0.3) is 0 Å². The first kappa shape index (κ1) is 10.4. The van der Waals surface area contributed by atoms with Crippen molar-refractivity contribution in [3.8, 4) is 0 Å². The molecule has 1 unspecified atom stereocenters. The molecule has 0 aromatic carbocycles. The van der Waals surface area contributed by atoms with E-state index in [0.717, 1.165) is 32.5 Å². The Morgan fingerprint density at radius 2 is 2.13 bits per heavy atom. The molecule has 1 atom stereocenters. The van der Waals surface area contributed by atoms with Crippen LogP contribution in [0.2, 0.25) is 0 Å². The van der Waals surface area contributed by atoms with Gasteiger partial charge in [0.05, 0.1) is 5.92 Å². The number of likely N-dealkylation sites (N-methyl/N-ethyl adjacent to an activating group) is 1. The third kappa shape index (κ3) is 1.84. The van der Waals surface area contributed by atoms with Crippen molar-refractivity contribution in [1.82, 2.24) is 15.5 Å². The first-order valence-electron chi connectivity index (χ1n) is 5.47. The Balaban J connectivity index is 2.00. The Kier molecular flexibility index (Phi) is 2.90. The summed E-state index contributed by atoms with van der Waals surface area (Å²) in [5.74, 6) is 0.197. The van der Waals surface area contributed by atoms with Crippen LogP contribution in [0.3, 0.4) is 0 Å². The minimum Gasteiger partial charge on any atom is -0.357 e. The van der Waals surface area contributed by atoms with Crippen molar-refractivity contribution >= 4 is 11.8 Å². The van der Waals surface area contributed by atoms with Crippen molar-refractivity contribution in [2.45, 2.75) is 18.9 Å². The van der Waals surface area contributed by atoms with Gasteiger partial charge in [-0.15, -0.1) is 0 Å². The smallest absolute Gasteiger partial charge is 0.242 e. The Hall–Kier alpha value is -1.10. The molecule has 0 aromatic heterocycles. The van der Waals surface area contributed by atoms with Gasteiger partial charge in [0.25, 0.3) is 0 Å². The van der Waals surface area contributed by atoms with Crippen molar-refractivity contribution < 1.29 is 9.59 Å². The Bertz CT molecular complexity index is 276. The van der Waals surface area contributed by atoms with Gasteiger partial charge in [-0.2, -0.15) is 0 Å². The molecule has 5 heteroatoms. The van der Waals surface area contributed by atoms with Gasteiger partial charge in [-0.05, 0) is 12.8 Å². The number of hydrogen-bond donors (Lipinski definition) is 2. The summed E-state index contributed by atoms with van der Waals surface area (Å²) < 4.78 is 0. The summed E-state index contributed by atoms with van der Waals surface area (Å²) in [6.07, 6.45) is 1.73. The average molecular weight is 211 g/mol. The lowest BCUT2D eigenvalue weighted by Crippen LogP contribution is -2.55. The third-order valence-electron chi connectivity index (χ3n) is 3.22. The Labute approximate surface area is 89.2 Å². The van der Waals surface area contributed by atoms with Gasteiger partial charge in [-0.1, -0.05) is 0 Å². The van der Waals surface area contributed by atoms with Gasteiger partial charge in [0.15, 0.2) is 0 Å². The predicted octanol–water partition coefficient (Wildman–Crippen LogP) is -1.06. The summed E-state index contributed by atoms with van der Waals surface area (Å²) in [6.45, 7) is 2.25. The van der Waals surface area contributed by atoms with Gasteiger partial charge >= 0.3 is 0 Å². The fourth-order valence-corrected chi connectivity index (χ4v) is 2.17. The van der Waals surface area contributed by atoms with Crippen LogP contribution in [0, 0.1) is 5.92 Å². The third-order valence-corrected chi connectivity index (χ3v) is 3.22. The normalized spacial score (nSPS) is 26.2. The van der Waals surface area contributed by atoms with Crippen LogP contribution in [0.1, 0.15) is 12.8 Å². The van der Waals surface area contributed by atoms with Crippen LogP contribution >= 0.6 is 0 Å². The van der Waals surface area contributed by atoms with Crippen molar-refractivity contribution in [1.29, 1.82) is 0 Å². The number of carbonyl (C=O) groups is 2. The summed E-state index contributed by atoms with van der Waals surface area (Å²) >= 11 is 0.